The van der Waals surface area contributed by atoms with E-state index in [9.17, 15) is 14.9 Å². The van der Waals surface area contributed by atoms with Gasteiger partial charge in [-0.25, -0.2) is 0 Å². The van der Waals surface area contributed by atoms with Crippen LogP contribution in [0.15, 0.2) is 45.7 Å². The molecular formula is C13H11NO5S. The van der Waals surface area contributed by atoms with Crippen molar-refractivity contribution in [1.82, 2.24) is 0 Å². The number of thioether (sulfide) groups is 1. The third-order valence-corrected chi connectivity index (χ3v) is 3.52. The van der Waals surface area contributed by atoms with Gasteiger partial charge >= 0.3 is 11.9 Å². The summed E-state index contributed by atoms with van der Waals surface area (Å²) in [6.07, 6.45) is -0.00464. The fraction of sp³-hybridized carbons (Fsp3) is 0.154. The first-order valence-electron chi connectivity index (χ1n) is 5.71. The molecule has 0 amide bonds. The molecule has 0 bridgehead atoms. The van der Waals surface area contributed by atoms with Crippen LogP contribution in [0.25, 0.3) is 0 Å². The number of aliphatic carboxylic acids is 1. The monoisotopic (exact) mass is 293 g/mol. The number of carboxylic acid groups (broad SMARTS) is 1. The molecular weight excluding hydrogens is 282 g/mol. The van der Waals surface area contributed by atoms with Gasteiger partial charge < -0.3 is 9.52 Å². The Kier molecular flexibility index (Phi) is 4.41. The minimum atomic E-state index is -0.867. The molecule has 7 heteroatoms. The van der Waals surface area contributed by atoms with Crippen molar-refractivity contribution in [2.45, 2.75) is 17.1 Å². The van der Waals surface area contributed by atoms with Gasteiger partial charge in [-0.2, -0.15) is 0 Å². The molecule has 6 nitrogen and oxygen atoms in total. The van der Waals surface area contributed by atoms with Gasteiger partial charge in [-0.15, -0.1) is 11.8 Å². The number of nitro groups is 1. The average Bonchev–Trinajstić information content (AvgIpc) is 2.86. The molecule has 2 rings (SSSR count). The minimum absolute atomic E-state index is 0.00464. The fourth-order valence-corrected chi connectivity index (χ4v) is 2.37. The summed E-state index contributed by atoms with van der Waals surface area (Å²) in [7, 11) is 0. The fourth-order valence-electron chi connectivity index (χ4n) is 1.57. The molecule has 0 saturated carbocycles. The Bertz CT molecular complexity index is 620. The molecule has 0 aliphatic heterocycles. The number of carboxylic acids is 1. The van der Waals surface area contributed by atoms with Crippen molar-refractivity contribution in [2.24, 2.45) is 0 Å². The predicted octanol–water partition coefficient (Wildman–Crippen LogP) is 3.11. The highest BCUT2D eigenvalue weighted by atomic mass is 32.2. The SMILES string of the molecule is O=C(O)Cc1ccc(SCc2ccc([N+](=O)[O-])o2)cc1. The molecule has 1 aromatic carbocycles. The summed E-state index contributed by atoms with van der Waals surface area (Å²) in [5.74, 6) is -0.131. The Hall–Kier alpha value is -2.28. The van der Waals surface area contributed by atoms with Crippen molar-refractivity contribution in [1.29, 1.82) is 0 Å². The summed E-state index contributed by atoms with van der Waals surface area (Å²) in [5.41, 5.74) is 0.732. The smallest absolute Gasteiger partial charge is 0.433 e. The molecule has 0 atom stereocenters. The van der Waals surface area contributed by atoms with Gasteiger partial charge in [0, 0.05) is 4.90 Å². The second kappa shape index (κ2) is 6.25. The molecule has 1 N–H and O–H groups in total. The number of furan rings is 1. The van der Waals surface area contributed by atoms with Crippen molar-refractivity contribution in [2.75, 3.05) is 0 Å². The molecule has 0 saturated heterocycles. The summed E-state index contributed by atoms with van der Waals surface area (Å²) in [6, 6.07) is 10.0. The Morgan fingerprint density at radius 2 is 1.95 bits per heavy atom. The van der Waals surface area contributed by atoms with E-state index in [-0.39, 0.29) is 12.3 Å². The summed E-state index contributed by atoms with van der Waals surface area (Å²) in [5, 5.41) is 19.1. The zero-order valence-corrected chi connectivity index (χ0v) is 11.1. The Morgan fingerprint density at radius 1 is 1.25 bits per heavy atom. The van der Waals surface area contributed by atoms with Crippen LogP contribution in [0.1, 0.15) is 11.3 Å². The lowest BCUT2D eigenvalue weighted by atomic mass is 10.2. The maximum absolute atomic E-state index is 10.5. The van der Waals surface area contributed by atoms with E-state index in [1.54, 1.807) is 18.2 Å². The molecule has 0 aliphatic rings. The van der Waals surface area contributed by atoms with Crippen LogP contribution < -0.4 is 0 Å². The predicted molar refractivity (Wildman–Crippen MR) is 72.7 cm³/mol. The number of hydrogen-bond donors (Lipinski definition) is 1. The van der Waals surface area contributed by atoms with Gasteiger partial charge in [0.1, 0.15) is 10.7 Å². The van der Waals surface area contributed by atoms with Gasteiger partial charge in [-0.05, 0) is 23.8 Å². The third kappa shape index (κ3) is 3.86. The Labute approximate surface area is 118 Å². The highest BCUT2D eigenvalue weighted by Gasteiger charge is 2.11. The number of benzene rings is 1. The van der Waals surface area contributed by atoms with E-state index in [4.69, 9.17) is 9.52 Å². The largest absolute Gasteiger partial charge is 0.481 e. The number of carbonyl (C=O) groups is 1. The topological polar surface area (TPSA) is 93.6 Å². The van der Waals surface area contributed by atoms with Crippen LogP contribution in [0.3, 0.4) is 0 Å². The van der Waals surface area contributed by atoms with E-state index in [2.05, 4.69) is 0 Å². The zero-order chi connectivity index (χ0) is 14.5. The molecule has 0 radical (unpaired) electrons. The number of hydrogen-bond acceptors (Lipinski definition) is 5. The van der Waals surface area contributed by atoms with E-state index in [1.165, 1.54) is 17.8 Å². The maximum atomic E-state index is 10.5. The van der Waals surface area contributed by atoms with E-state index in [0.717, 1.165) is 10.5 Å². The van der Waals surface area contributed by atoms with Crippen molar-refractivity contribution in [3.05, 3.63) is 57.8 Å². The van der Waals surface area contributed by atoms with Crippen LogP contribution in [0, 0.1) is 10.1 Å². The lowest BCUT2D eigenvalue weighted by molar-refractivity contribution is -0.402. The van der Waals surface area contributed by atoms with Gasteiger partial charge in [0.2, 0.25) is 0 Å². The van der Waals surface area contributed by atoms with Crippen LogP contribution in [0.4, 0.5) is 5.88 Å². The normalized spacial score (nSPS) is 10.4. The average molecular weight is 293 g/mol. The molecule has 104 valence electrons. The molecule has 0 unspecified atom stereocenters. The van der Waals surface area contributed by atoms with Gasteiger partial charge in [-0.3, -0.25) is 14.9 Å². The van der Waals surface area contributed by atoms with E-state index >= 15 is 0 Å². The molecule has 1 aromatic heterocycles. The van der Waals surface area contributed by atoms with Crippen molar-refractivity contribution >= 4 is 23.6 Å². The first-order chi connectivity index (χ1) is 9.54. The molecule has 0 aliphatic carbocycles. The number of rotatable bonds is 6. The van der Waals surface area contributed by atoms with Gasteiger partial charge in [0.05, 0.1) is 18.2 Å². The van der Waals surface area contributed by atoms with Crippen LogP contribution in [-0.2, 0) is 17.0 Å². The molecule has 2 aromatic rings. The minimum Gasteiger partial charge on any atom is -0.481 e. The second-order valence-corrected chi connectivity index (χ2v) is 5.05. The van der Waals surface area contributed by atoms with Crippen molar-refractivity contribution in [3.63, 3.8) is 0 Å². The summed E-state index contributed by atoms with van der Waals surface area (Å²) in [6.45, 7) is 0. The van der Waals surface area contributed by atoms with Crippen LogP contribution >= 0.6 is 11.8 Å². The van der Waals surface area contributed by atoms with E-state index in [0.29, 0.717) is 11.5 Å². The molecule has 0 fully saturated rings. The Morgan fingerprint density at radius 3 is 2.50 bits per heavy atom. The lowest BCUT2D eigenvalue weighted by Gasteiger charge is -2.01. The summed E-state index contributed by atoms with van der Waals surface area (Å²) < 4.78 is 5.05. The van der Waals surface area contributed by atoms with Crippen LogP contribution in [0.2, 0.25) is 0 Å². The van der Waals surface area contributed by atoms with Gasteiger partial charge in [0.25, 0.3) is 0 Å². The molecule has 20 heavy (non-hydrogen) atoms. The highest BCUT2D eigenvalue weighted by Crippen LogP contribution is 2.26. The van der Waals surface area contributed by atoms with Crippen molar-refractivity contribution < 1.29 is 19.2 Å². The molecule has 1 heterocycles. The molecule has 0 spiro atoms. The first-order valence-corrected chi connectivity index (χ1v) is 6.70. The first kappa shape index (κ1) is 14.1. The second-order valence-electron chi connectivity index (χ2n) is 4.00. The highest BCUT2D eigenvalue weighted by molar-refractivity contribution is 7.98. The van der Waals surface area contributed by atoms with Gasteiger partial charge in [0.15, 0.2) is 0 Å². The zero-order valence-electron chi connectivity index (χ0n) is 10.3. The van der Waals surface area contributed by atoms with Crippen molar-refractivity contribution in [3.8, 4) is 0 Å². The summed E-state index contributed by atoms with van der Waals surface area (Å²) >= 11 is 1.46. The third-order valence-electron chi connectivity index (χ3n) is 2.49. The van der Waals surface area contributed by atoms with Gasteiger partial charge in [-0.1, -0.05) is 12.1 Å². The van der Waals surface area contributed by atoms with E-state index < -0.39 is 10.9 Å². The number of nitrogens with zero attached hydrogens (tertiary/aromatic N) is 1. The van der Waals surface area contributed by atoms with E-state index in [1.807, 2.05) is 12.1 Å². The van der Waals surface area contributed by atoms with Crippen LogP contribution in [0.5, 0.6) is 0 Å². The quantitative estimate of drug-likeness (QED) is 0.499. The Balaban J connectivity index is 1.93. The maximum Gasteiger partial charge on any atom is 0.433 e. The van der Waals surface area contributed by atoms with Crippen LogP contribution in [-0.4, -0.2) is 16.0 Å². The summed E-state index contributed by atoms with van der Waals surface area (Å²) in [4.78, 5) is 21.4. The lowest BCUT2D eigenvalue weighted by Crippen LogP contribution is -1.99. The standard InChI is InChI=1S/C13H11NO5S/c15-13(16)7-9-1-4-11(5-2-9)20-8-10-3-6-12(19-10)14(17)18/h1-6H,7-8H2,(H,15,16).